The molecule has 0 aliphatic carbocycles. The summed E-state index contributed by atoms with van der Waals surface area (Å²) in [6.07, 6.45) is 0.862. The zero-order chi connectivity index (χ0) is 20.6. The molecule has 0 saturated heterocycles. The molecule has 0 fully saturated rings. The monoisotopic (exact) mass is 465 g/mol. The maximum atomic E-state index is 13.3. The van der Waals surface area contributed by atoms with E-state index in [9.17, 15) is 18.0 Å². The predicted octanol–water partition coefficient (Wildman–Crippen LogP) is 1.77. The van der Waals surface area contributed by atoms with Crippen molar-refractivity contribution in [1.29, 1.82) is 0 Å². The van der Waals surface area contributed by atoms with Crippen molar-refractivity contribution >= 4 is 43.3 Å². The Morgan fingerprint density at radius 2 is 2.26 bits per heavy atom. The van der Waals surface area contributed by atoms with E-state index in [4.69, 9.17) is 1.37 Å². The zero-order valence-electron chi connectivity index (χ0n) is 14.9. The number of nitrogens with one attached hydrogen (secondary N) is 3. The zero-order valence-corrected chi connectivity index (χ0v) is 16.3. The normalized spacial score (nSPS) is 12.7. The van der Waals surface area contributed by atoms with Crippen LogP contribution in [0.3, 0.4) is 0 Å². The van der Waals surface area contributed by atoms with Crippen LogP contribution in [0, 0.1) is 5.82 Å². The Bertz CT molecular complexity index is 926. The molecule has 0 spiro atoms. The molecular formula is C14H18BrFN6O4S. The van der Waals surface area contributed by atoms with Crippen molar-refractivity contribution < 1.29 is 24.0 Å². The van der Waals surface area contributed by atoms with Gasteiger partial charge in [-0.1, -0.05) is 0 Å². The largest absolute Gasteiger partial charge is 0.365 e. The van der Waals surface area contributed by atoms with Crippen LogP contribution in [0.4, 0.5) is 15.9 Å². The van der Waals surface area contributed by atoms with Gasteiger partial charge in [0.05, 0.1) is 15.9 Å². The van der Waals surface area contributed by atoms with Crippen LogP contribution in [0.1, 0.15) is 19.9 Å². The van der Waals surface area contributed by atoms with Gasteiger partial charge in [0.2, 0.25) is 15.8 Å². The number of hydrogen-bond acceptors (Lipinski definition) is 8. The van der Waals surface area contributed by atoms with Gasteiger partial charge in [-0.15, -0.1) is 0 Å². The number of halogens is 2. The van der Waals surface area contributed by atoms with Gasteiger partial charge in [-0.05, 0) is 64.3 Å². The maximum absolute atomic E-state index is 13.3. The van der Waals surface area contributed by atoms with E-state index in [1.807, 2.05) is 5.48 Å². The van der Waals surface area contributed by atoms with Crippen LogP contribution in [-0.2, 0) is 10.0 Å². The molecule has 0 amide bonds. The highest BCUT2D eigenvalue weighted by atomic mass is 79.9. The van der Waals surface area contributed by atoms with E-state index in [-0.39, 0.29) is 27.6 Å². The number of nitrogens with zero attached hydrogens (tertiary/aromatic N) is 3. The fourth-order valence-corrected chi connectivity index (χ4v) is 3.07. The quantitative estimate of drug-likeness (QED) is 0.190. The van der Waals surface area contributed by atoms with Crippen LogP contribution in [0.15, 0.2) is 32.3 Å². The Kier molecular flexibility index (Phi) is 7.09. The third-order valence-corrected chi connectivity index (χ3v) is 5.19. The molecule has 1 aromatic carbocycles. The number of sulfonamides is 1. The maximum Gasteiger partial charge on any atom is 0.211 e. The van der Waals surface area contributed by atoms with Crippen molar-refractivity contribution in [2.24, 2.45) is 4.99 Å². The highest BCUT2D eigenvalue weighted by Crippen LogP contribution is 2.23. The third-order valence-electron chi connectivity index (χ3n) is 3.32. The Morgan fingerprint density at radius 3 is 2.96 bits per heavy atom. The fraction of sp³-hybridized carbons (Fsp3) is 0.357. The number of amidine groups is 1. The molecule has 13 heteroatoms. The molecule has 148 valence electrons. The summed E-state index contributed by atoms with van der Waals surface area (Å²) < 4.78 is 50.1. The lowest BCUT2D eigenvalue weighted by Crippen LogP contribution is -2.23. The van der Waals surface area contributed by atoms with Crippen LogP contribution in [0.2, 0.25) is 0 Å². The standard InChI is InChI=1S/C14H18BrFN6O4S/c1-17-27(24,25)7-3-2-6-18-13-12(21-26-22-13)14(20-23)19-9-4-5-11(16)10(15)8-9/h4-5,8,17,23H,2-3,6-7H2,1H3,(H,18,22)(H,19,20)/i1D. The summed E-state index contributed by atoms with van der Waals surface area (Å²) in [4.78, 5) is 4.13. The minimum Gasteiger partial charge on any atom is -0.365 e. The van der Waals surface area contributed by atoms with Gasteiger partial charge >= 0.3 is 0 Å². The first-order valence-corrected chi connectivity index (χ1v) is 10.1. The molecule has 1 heterocycles. The summed E-state index contributed by atoms with van der Waals surface area (Å²) in [6, 6.07) is 4.03. The summed E-state index contributed by atoms with van der Waals surface area (Å²) >= 11 is 3.05. The van der Waals surface area contributed by atoms with Gasteiger partial charge in [0.25, 0.3) is 0 Å². The van der Waals surface area contributed by atoms with Gasteiger partial charge in [-0.2, -0.15) is 0 Å². The number of hydroxylamine groups is 1. The number of unbranched alkanes of at least 4 members (excludes halogenated alkanes) is 1. The Hall–Kier alpha value is -2.09. The first kappa shape index (κ1) is 19.7. The molecule has 2 aromatic rings. The first-order chi connectivity index (χ1) is 13.4. The summed E-state index contributed by atoms with van der Waals surface area (Å²) in [5.74, 6) is -0.442. The molecule has 0 unspecified atom stereocenters. The fourth-order valence-electron chi connectivity index (χ4n) is 1.97. The summed E-state index contributed by atoms with van der Waals surface area (Å²) in [7, 11) is -3.83. The van der Waals surface area contributed by atoms with Gasteiger partial charge in [0, 0.05) is 7.92 Å². The molecule has 27 heavy (non-hydrogen) atoms. The molecule has 0 radical (unpaired) electrons. The highest BCUT2D eigenvalue weighted by Gasteiger charge is 2.16. The second-order valence-corrected chi connectivity index (χ2v) is 8.01. The van der Waals surface area contributed by atoms with Crippen LogP contribution in [0.25, 0.3) is 0 Å². The molecule has 0 saturated carbocycles. The molecule has 0 aliphatic heterocycles. The first-order valence-electron chi connectivity index (χ1n) is 8.34. The van der Waals surface area contributed by atoms with Gasteiger partial charge in [0.15, 0.2) is 11.5 Å². The summed E-state index contributed by atoms with van der Waals surface area (Å²) in [5, 5.41) is 19.6. The highest BCUT2D eigenvalue weighted by molar-refractivity contribution is 9.10. The lowest BCUT2D eigenvalue weighted by molar-refractivity contribution is 0.234. The van der Waals surface area contributed by atoms with E-state index >= 15 is 0 Å². The number of aromatic nitrogens is 2. The van der Waals surface area contributed by atoms with Crippen LogP contribution >= 0.6 is 15.9 Å². The molecule has 1 aromatic heterocycles. The van der Waals surface area contributed by atoms with E-state index in [0.717, 1.165) is 0 Å². The van der Waals surface area contributed by atoms with Gasteiger partial charge in [0.1, 0.15) is 5.82 Å². The lowest BCUT2D eigenvalue weighted by atomic mass is 10.3. The topological polar surface area (TPSA) is 142 Å². The summed E-state index contributed by atoms with van der Waals surface area (Å²) in [5.41, 5.74) is 2.32. The smallest absolute Gasteiger partial charge is 0.211 e. The molecule has 0 bridgehead atoms. The Morgan fingerprint density at radius 1 is 1.44 bits per heavy atom. The van der Waals surface area contributed by atoms with E-state index in [0.29, 0.717) is 25.1 Å². The minimum atomic E-state index is -3.44. The molecular weight excluding hydrogens is 447 g/mol. The van der Waals surface area contributed by atoms with E-state index < -0.39 is 22.9 Å². The summed E-state index contributed by atoms with van der Waals surface area (Å²) in [6.45, 7) is 0.360. The lowest BCUT2D eigenvalue weighted by Gasteiger charge is -2.06. The average Bonchev–Trinajstić information content (AvgIpc) is 3.10. The second-order valence-electron chi connectivity index (χ2n) is 5.23. The minimum absolute atomic E-state index is 0.0792. The number of hydrogen-bond donors (Lipinski definition) is 4. The molecule has 0 atom stereocenters. The van der Waals surface area contributed by atoms with Crippen LogP contribution in [-0.4, -0.2) is 49.1 Å². The van der Waals surface area contributed by atoms with Crippen LogP contribution in [0.5, 0.6) is 0 Å². The van der Waals surface area contributed by atoms with Gasteiger partial charge in [-0.3, -0.25) is 10.7 Å². The van der Waals surface area contributed by atoms with E-state index in [2.05, 4.69) is 45.9 Å². The van der Waals surface area contributed by atoms with Crippen LogP contribution < -0.4 is 15.5 Å². The number of anilines is 1. The van der Waals surface area contributed by atoms with Crippen molar-refractivity contribution in [3.63, 3.8) is 0 Å². The molecule has 0 aliphatic rings. The molecule has 4 N–H and O–H groups in total. The van der Waals surface area contributed by atoms with Gasteiger partial charge in [-0.25, -0.2) is 27.2 Å². The third kappa shape index (κ3) is 6.23. The van der Waals surface area contributed by atoms with Crippen molar-refractivity contribution in [2.75, 3.05) is 24.6 Å². The van der Waals surface area contributed by atoms with E-state index in [1.54, 1.807) is 0 Å². The van der Waals surface area contributed by atoms with Gasteiger partial charge < -0.3 is 5.32 Å². The number of rotatable bonds is 9. The van der Waals surface area contributed by atoms with E-state index in [1.165, 1.54) is 18.2 Å². The molecule has 10 nitrogen and oxygen atoms in total. The van der Waals surface area contributed by atoms with Crippen molar-refractivity contribution in [2.45, 2.75) is 12.8 Å². The number of benzene rings is 1. The second kappa shape index (κ2) is 9.73. The Labute approximate surface area is 164 Å². The van der Waals surface area contributed by atoms with Crippen molar-refractivity contribution in [3.05, 3.63) is 34.2 Å². The predicted molar refractivity (Wildman–Crippen MR) is 100 cm³/mol. The van der Waals surface area contributed by atoms with Crippen molar-refractivity contribution in [1.82, 2.24) is 20.5 Å². The number of aliphatic imine (C=N–C) groups is 1. The average molecular weight is 466 g/mol. The van der Waals surface area contributed by atoms with Crippen molar-refractivity contribution in [3.8, 4) is 0 Å². The SMILES string of the molecule is [2H]CNS(=O)(=O)CCCCNc1nonc1C(=Nc1ccc(F)c(Br)c1)NO. The Balaban J connectivity index is 1.99. The molecule has 2 rings (SSSR count).